The van der Waals surface area contributed by atoms with Crippen LogP contribution in [-0.4, -0.2) is 15.6 Å². The highest BCUT2D eigenvalue weighted by atomic mass is 16.5. The molecule has 25 heavy (non-hydrogen) atoms. The van der Waals surface area contributed by atoms with Crippen LogP contribution in [0.25, 0.3) is 0 Å². The number of aromatic nitrogens is 2. The Labute approximate surface area is 146 Å². The Bertz CT molecular complexity index is 878. The van der Waals surface area contributed by atoms with Crippen molar-refractivity contribution in [3.8, 4) is 6.07 Å². The zero-order valence-electron chi connectivity index (χ0n) is 14.8. The van der Waals surface area contributed by atoms with Crippen molar-refractivity contribution in [1.82, 2.24) is 9.78 Å². The van der Waals surface area contributed by atoms with E-state index in [-0.39, 0.29) is 17.1 Å². The van der Waals surface area contributed by atoms with E-state index in [1.807, 2.05) is 27.1 Å². The molecule has 1 aliphatic heterocycles. The zero-order chi connectivity index (χ0) is 17.9. The quantitative estimate of drug-likeness (QED) is 0.895. The summed E-state index contributed by atoms with van der Waals surface area (Å²) in [5, 5.41) is 14.3. The summed E-state index contributed by atoms with van der Waals surface area (Å²) in [6.45, 7) is 4.10. The van der Waals surface area contributed by atoms with E-state index in [9.17, 15) is 10.1 Å². The molecule has 1 fully saturated rings. The van der Waals surface area contributed by atoms with Crippen molar-refractivity contribution in [2.24, 2.45) is 18.2 Å². The van der Waals surface area contributed by atoms with E-state index in [0.29, 0.717) is 35.7 Å². The maximum atomic E-state index is 13.0. The molecule has 0 aromatic carbocycles. The zero-order valence-corrected chi connectivity index (χ0v) is 14.8. The molecule has 0 radical (unpaired) electrons. The molecule has 130 valence electrons. The van der Waals surface area contributed by atoms with Gasteiger partial charge in [-0.15, -0.1) is 0 Å². The Morgan fingerprint density at radius 3 is 2.76 bits per heavy atom. The van der Waals surface area contributed by atoms with Crippen molar-refractivity contribution in [3.05, 3.63) is 40.2 Å². The molecule has 2 N–H and O–H groups in total. The molecule has 6 nitrogen and oxygen atoms in total. The molecule has 2 aliphatic carbocycles. The van der Waals surface area contributed by atoms with Crippen LogP contribution >= 0.6 is 0 Å². The van der Waals surface area contributed by atoms with Crippen molar-refractivity contribution in [1.29, 1.82) is 5.26 Å². The number of nitrogens with zero attached hydrogens (tertiary/aromatic N) is 3. The van der Waals surface area contributed by atoms with E-state index in [1.54, 1.807) is 4.68 Å². The third kappa shape index (κ3) is 2.55. The molecule has 0 bridgehead atoms. The molecule has 0 unspecified atom stereocenters. The molecule has 0 amide bonds. The number of allylic oxidation sites excluding steroid dienone is 3. The van der Waals surface area contributed by atoms with Gasteiger partial charge in [0.1, 0.15) is 17.4 Å². The van der Waals surface area contributed by atoms with Crippen LogP contribution in [0.4, 0.5) is 0 Å². The number of rotatable bonds is 2. The molecule has 6 heteroatoms. The maximum absolute atomic E-state index is 13.0. The van der Waals surface area contributed by atoms with Crippen LogP contribution in [0.2, 0.25) is 0 Å². The highest BCUT2D eigenvalue weighted by molar-refractivity contribution is 6.00. The predicted molar refractivity (Wildman–Crippen MR) is 90.9 cm³/mol. The lowest BCUT2D eigenvalue weighted by Gasteiger charge is -2.37. The first-order chi connectivity index (χ1) is 11.8. The minimum Gasteiger partial charge on any atom is -0.444 e. The SMILES string of the molecule is Cn1cc([C@H]2C(C#N)=C(N)OC3=C2C(=O)CC(C)(C)C3)c(C2CC2)n1. The standard InChI is InChI=1S/C19H22N4O2/c1-19(2)6-13(24)16-14(7-19)25-18(21)11(8-20)15(16)12-9-23(3)22-17(12)10-4-5-10/h9-10,15H,4-7,21H2,1-3H3/t15-/m1/s1. The fourth-order valence-electron chi connectivity index (χ4n) is 4.02. The predicted octanol–water partition coefficient (Wildman–Crippen LogP) is 2.75. The molecule has 2 heterocycles. The number of Topliss-reactive ketones (excluding diaryl/α,β-unsaturated/α-hetero) is 1. The molecule has 1 atom stereocenters. The van der Waals surface area contributed by atoms with Crippen molar-refractivity contribution in [2.75, 3.05) is 0 Å². The Kier molecular flexibility index (Phi) is 3.33. The van der Waals surface area contributed by atoms with Crippen molar-refractivity contribution >= 4 is 5.78 Å². The molecule has 1 aromatic heterocycles. The van der Waals surface area contributed by atoms with Gasteiger partial charge in [-0.1, -0.05) is 13.8 Å². The summed E-state index contributed by atoms with van der Waals surface area (Å²) in [7, 11) is 1.87. The summed E-state index contributed by atoms with van der Waals surface area (Å²) in [4.78, 5) is 13.0. The van der Waals surface area contributed by atoms with E-state index in [2.05, 4.69) is 11.2 Å². The molecular weight excluding hydrogens is 316 g/mol. The van der Waals surface area contributed by atoms with E-state index < -0.39 is 5.92 Å². The number of nitrogens with two attached hydrogens (primary N) is 1. The molecule has 1 saturated carbocycles. The third-order valence-electron chi connectivity index (χ3n) is 5.24. The summed E-state index contributed by atoms with van der Waals surface area (Å²) in [5.74, 6) is 0.735. The number of carbonyl (C=O) groups excluding carboxylic acids is 1. The average Bonchev–Trinajstić information content (AvgIpc) is 3.27. The van der Waals surface area contributed by atoms with Crippen LogP contribution in [0.1, 0.15) is 62.6 Å². The molecular formula is C19H22N4O2. The second-order valence-corrected chi connectivity index (χ2v) is 8.12. The first-order valence-electron chi connectivity index (χ1n) is 8.68. The Hall–Kier alpha value is -2.55. The van der Waals surface area contributed by atoms with Crippen molar-refractivity contribution in [3.63, 3.8) is 0 Å². The molecule has 0 spiro atoms. The Balaban J connectivity index is 1.91. The van der Waals surface area contributed by atoms with E-state index in [1.165, 1.54) is 0 Å². The number of hydrogen-bond donors (Lipinski definition) is 1. The van der Waals surface area contributed by atoms with Gasteiger partial charge in [0, 0.05) is 43.1 Å². The van der Waals surface area contributed by atoms with Gasteiger partial charge >= 0.3 is 0 Å². The minimum absolute atomic E-state index is 0.0436. The van der Waals surface area contributed by atoms with Gasteiger partial charge in [-0.05, 0) is 18.3 Å². The second-order valence-electron chi connectivity index (χ2n) is 8.12. The third-order valence-corrected chi connectivity index (χ3v) is 5.24. The molecule has 3 aliphatic rings. The summed E-state index contributed by atoms with van der Waals surface area (Å²) >= 11 is 0. The fraction of sp³-hybridized carbons (Fsp3) is 0.526. The summed E-state index contributed by atoms with van der Waals surface area (Å²) in [5.41, 5.74) is 8.73. The molecule has 4 rings (SSSR count). The largest absolute Gasteiger partial charge is 0.444 e. The average molecular weight is 338 g/mol. The highest BCUT2D eigenvalue weighted by Crippen LogP contribution is 2.51. The lowest BCUT2D eigenvalue weighted by Crippen LogP contribution is -2.33. The van der Waals surface area contributed by atoms with Gasteiger partial charge in [0.05, 0.1) is 11.6 Å². The number of ketones is 1. The number of ether oxygens (including phenoxy) is 1. The smallest absolute Gasteiger partial charge is 0.205 e. The van der Waals surface area contributed by atoms with Gasteiger partial charge in [0.15, 0.2) is 5.78 Å². The van der Waals surface area contributed by atoms with Crippen LogP contribution in [0.15, 0.2) is 29.0 Å². The van der Waals surface area contributed by atoms with Gasteiger partial charge in [0.2, 0.25) is 5.88 Å². The summed E-state index contributed by atoms with van der Waals surface area (Å²) < 4.78 is 7.51. The minimum atomic E-state index is -0.457. The van der Waals surface area contributed by atoms with E-state index in [0.717, 1.165) is 24.1 Å². The van der Waals surface area contributed by atoms with Gasteiger partial charge in [-0.3, -0.25) is 9.48 Å². The maximum Gasteiger partial charge on any atom is 0.205 e. The first kappa shape index (κ1) is 15.9. The lowest BCUT2D eigenvalue weighted by molar-refractivity contribution is -0.119. The molecule has 0 saturated heterocycles. The number of aryl methyl sites for hydroxylation is 1. The van der Waals surface area contributed by atoms with Gasteiger partial charge in [-0.2, -0.15) is 10.4 Å². The van der Waals surface area contributed by atoms with E-state index >= 15 is 0 Å². The topological polar surface area (TPSA) is 93.9 Å². The van der Waals surface area contributed by atoms with Gasteiger partial charge in [0.25, 0.3) is 0 Å². The highest BCUT2D eigenvalue weighted by Gasteiger charge is 2.45. The monoisotopic (exact) mass is 338 g/mol. The van der Waals surface area contributed by atoms with E-state index in [4.69, 9.17) is 10.5 Å². The van der Waals surface area contributed by atoms with Crippen LogP contribution in [0.3, 0.4) is 0 Å². The van der Waals surface area contributed by atoms with Gasteiger partial charge in [-0.25, -0.2) is 0 Å². The van der Waals surface area contributed by atoms with Crippen LogP contribution in [-0.2, 0) is 16.6 Å². The van der Waals surface area contributed by atoms with Crippen molar-refractivity contribution in [2.45, 2.75) is 51.4 Å². The first-order valence-corrected chi connectivity index (χ1v) is 8.68. The van der Waals surface area contributed by atoms with Gasteiger partial charge < -0.3 is 10.5 Å². The summed E-state index contributed by atoms with van der Waals surface area (Å²) in [6.07, 6.45) is 5.21. The fourth-order valence-corrected chi connectivity index (χ4v) is 4.02. The Morgan fingerprint density at radius 2 is 2.12 bits per heavy atom. The second kappa shape index (κ2) is 5.22. The van der Waals surface area contributed by atoms with Crippen LogP contribution in [0, 0.1) is 16.7 Å². The Morgan fingerprint density at radius 1 is 1.40 bits per heavy atom. The van der Waals surface area contributed by atoms with Crippen molar-refractivity contribution < 1.29 is 9.53 Å². The summed E-state index contributed by atoms with van der Waals surface area (Å²) in [6, 6.07) is 2.18. The number of carbonyl (C=O) groups is 1. The van der Waals surface area contributed by atoms with Crippen LogP contribution < -0.4 is 5.73 Å². The normalized spacial score (nSPS) is 25.5. The van der Waals surface area contributed by atoms with Crippen LogP contribution in [0.5, 0.6) is 0 Å². The number of hydrogen-bond acceptors (Lipinski definition) is 5. The lowest BCUT2D eigenvalue weighted by atomic mass is 9.70. The number of nitriles is 1. The molecule has 1 aromatic rings.